The summed E-state index contributed by atoms with van der Waals surface area (Å²) in [6, 6.07) is 4.04. The monoisotopic (exact) mass is 326 g/mol. The highest BCUT2D eigenvalue weighted by molar-refractivity contribution is 9.10. The Bertz CT molecular complexity index is 509. The number of amides is 1. The summed E-state index contributed by atoms with van der Waals surface area (Å²) in [6.45, 7) is 8.97. The van der Waals surface area contributed by atoms with E-state index in [0.29, 0.717) is 6.54 Å². The summed E-state index contributed by atoms with van der Waals surface area (Å²) in [5.74, 6) is 0. The number of fused-ring (bicyclic) bond motifs is 1. The van der Waals surface area contributed by atoms with Crippen LogP contribution >= 0.6 is 15.9 Å². The predicted octanol–water partition coefficient (Wildman–Crippen LogP) is 3.92. The van der Waals surface area contributed by atoms with E-state index in [2.05, 4.69) is 21.2 Å². The summed E-state index contributed by atoms with van der Waals surface area (Å²) in [4.78, 5) is 13.9. The highest BCUT2D eigenvalue weighted by Crippen LogP contribution is 2.38. The molecule has 1 amide bonds. The second kappa shape index (κ2) is 5.04. The third-order valence-electron chi connectivity index (χ3n) is 2.74. The molecule has 0 atom stereocenters. The Morgan fingerprint density at radius 1 is 1.42 bits per heavy atom. The lowest BCUT2D eigenvalue weighted by Gasteiger charge is -2.33. The molecule has 1 aliphatic heterocycles. The van der Waals surface area contributed by atoms with E-state index in [0.717, 1.165) is 28.0 Å². The first-order valence-corrected chi connectivity index (χ1v) is 7.12. The van der Waals surface area contributed by atoms with Crippen molar-refractivity contribution in [1.82, 2.24) is 0 Å². The molecule has 104 valence electrons. The fraction of sp³-hybridized carbons (Fsp3) is 0.500. The number of ether oxygens (including phenoxy) is 1. The number of aryl methyl sites for hydroxylation is 1. The fourth-order valence-corrected chi connectivity index (χ4v) is 2.85. The molecule has 0 unspecified atom stereocenters. The molecule has 0 fully saturated rings. The minimum absolute atomic E-state index is 0.306. The molecular weight excluding hydrogens is 308 g/mol. The summed E-state index contributed by atoms with van der Waals surface area (Å²) < 4.78 is 6.36. The van der Waals surface area contributed by atoms with E-state index in [1.165, 1.54) is 0 Å². The zero-order valence-electron chi connectivity index (χ0n) is 11.7. The quantitative estimate of drug-likeness (QED) is 0.785. The van der Waals surface area contributed by atoms with Crippen LogP contribution in [-0.2, 0) is 4.74 Å². The normalized spacial score (nSPS) is 14.7. The molecule has 0 aliphatic carbocycles. The standard InChI is InChI=1S/C14H19BrN2O2/c1-9-7-10(15)12-11(8-9)16-5-6-17(12)13(18)19-14(2,3)4/h7-8,16H,5-6H2,1-4H3. The molecule has 2 rings (SSSR count). The second-order valence-electron chi connectivity index (χ2n) is 5.70. The highest BCUT2D eigenvalue weighted by Gasteiger charge is 2.28. The maximum Gasteiger partial charge on any atom is 0.414 e. The van der Waals surface area contributed by atoms with Gasteiger partial charge in [-0.05, 0) is 61.3 Å². The van der Waals surface area contributed by atoms with Crippen LogP contribution < -0.4 is 10.2 Å². The lowest BCUT2D eigenvalue weighted by molar-refractivity contribution is 0.0580. The van der Waals surface area contributed by atoms with Crippen molar-refractivity contribution in [2.24, 2.45) is 0 Å². The van der Waals surface area contributed by atoms with E-state index in [4.69, 9.17) is 4.74 Å². The molecule has 1 N–H and O–H groups in total. The summed E-state index contributed by atoms with van der Waals surface area (Å²) in [6.07, 6.45) is -0.306. The lowest BCUT2D eigenvalue weighted by atomic mass is 10.1. The first kappa shape index (κ1) is 14.2. The Hall–Kier alpha value is -1.23. The van der Waals surface area contributed by atoms with Crippen LogP contribution in [0.3, 0.4) is 0 Å². The number of rotatable bonds is 0. The molecule has 0 spiro atoms. The van der Waals surface area contributed by atoms with Crippen LogP contribution in [0.25, 0.3) is 0 Å². The van der Waals surface area contributed by atoms with Gasteiger partial charge in [-0.25, -0.2) is 4.79 Å². The number of anilines is 2. The topological polar surface area (TPSA) is 41.6 Å². The number of benzene rings is 1. The minimum atomic E-state index is -0.487. The summed E-state index contributed by atoms with van der Waals surface area (Å²) >= 11 is 3.53. The maximum absolute atomic E-state index is 12.3. The minimum Gasteiger partial charge on any atom is -0.443 e. The number of carbonyl (C=O) groups is 1. The van der Waals surface area contributed by atoms with Gasteiger partial charge in [0.15, 0.2) is 0 Å². The average Bonchev–Trinajstić information content (AvgIpc) is 2.25. The summed E-state index contributed by atoms with van der Waals surface area (Å²) in [7, 11) is 0. The molecule has 0 saturated carbocycles. The van der Waals surface area contributed by atoms with Crippen molar-refractivity contribution in [2.45, 2.75) is 33.3 Å². The van der Waals surface area contributed by atoms with Crippen molar-refractivity contribution in [3.63, 3.8) is 0 Å². The van der Waals surface area contributed by atoms with Crippen LogP contribution in [0.1, 0.15) is 26.3 Å². The van der Waals surface area contributed by atoms with Crippen molar-refractivity contribution in [3.8, 4) is 0 Å². The van der Waals surface area contributed by atoms with Gasteiger partial charge >= 0.3 is 6.09 Å². The zero-order valence-corrected chi connectivity index (χ0v) is 13.3. The fourth-order valence-electron chi connectivity index (χ4n) is 2.06. The van der Waals surface area contributed by atoms with Crippen molar-refractivity contribution in [2.75, 3.05) is 23.3 Å². The molecule has 1 aromatic rings. The third-order valence-corrected chi connectivity index (χ3v) is 3.35. The molecule has 0 radical (unpaired) electrons. The molecule has 4 nitrogen and oxygen atoms in total. The average molecular weight is 327 g/mol. The van der Waals surface area contributed by atoms with Gasteiger partial charge in [-0.3, -0.25) is 4.90 Å². The predicted molar refractivity (Wildman–Crippen MR) is 80.9 cm³/mol. The van der Waals surface area contributed by atoms with Crippen LogP contribution in [0.5, 0.6) is 0 Å². The third kappa shape index (κ3) is 3.21. The summed E-state index contributed by atoms with van der Waals surface area (Å²) in [5.41, 5.74) is 2.47. The molecule has 0 bridgehead atoms. The van der Waals surface area contributed by atoms with E-state index in [9.17, 15) is 4.79 Å². The Labute approximate surface area is 122 Å². The van der Waals surface area contributed by atoms with Crippen molar-refractivity contribution in [1.29, 1.82) is 0 Å². The van der Waals surface area contributed by atoms with Crippen LogP contribution in [0.2, 0.25) is 0 Å². The van der Waals surface area contributed by atoms with Gasteiger partial charge in [-0.2, -0.15) is 0 Å². The Morgan fingerprint density at radius 2 is 2.11 bits per heavy atom. The van der Waals surface area contributed by atoms with Crippen LogP contribution in [0.4, 0.5) is 16.2 Å². The number of hydrogen-bond donors (Lipinski definition) is 1. The van der Waals surface area contributed by atoms with Gasteiger partial charge in [0.05, 0.1) is 11.4 Å². The van der Waals surface area contributed by atoms with Gasteiger partial charge in [0.2, 0.25) is 0 Å². The first-order valence-electron chi connectivity index (χ1n) is 6.32. The zero-order chi connectivity index (χ0) is 14.2. The van der Waals surface area contributed by atoms with Crippen LogP contribution in [0.15, 0.2) is 16.6 Å². The molecule has 1 aliphatic rings. The first-order chi connectivity index (χ1) is 8.78. The van der Waals surface area contributed by atoms with Gasteiger partial charge in [-0.15, -0.1) is 0 Å². The molecule has 0 saturated heterocycles. The Kier molecular flexibility index (Phi) is 3.76. The van der Waals surface area contributed by atoms with Crippen molar-refractivity contribution in [3.05, 3.63) is 22.2 Å². The van der Waals surface area contributed by atoms with Gasteiger partial charge in [0.25, 0.3) is 0 Å². The van der Waals surface area contributed by atoms with Gasteiger partial charge in [0.1, 0.15) is 5.60 Å². The molecule has 19 heavy (non-hydrogen) atoms. The second-order valence-corrected chi connectivity index (χ2v) is 6.56. The number of nitrogens with zero attached hydrogens (tertiary/aromatic N) is 1. The van der Waals surface area contributed by atoms with Crippen molar-refractivity contribution >= 4 is 33.4 Å². The highest BCUT2D eigenvalue weighted by atomic mass is 79.9. The number of halogens is 1. The van der Waals surface area contributed by atoms with E-state index >= 15 is 0 Å². The number of nitrogens with one attached hydrogen (secondary N) is 1. The molecule has 1 heterocycles. The van der Waals surface area contributed by atoms with Gasteiger partial charge in [-0.1, -0.05) is 0 Å². The van der Waals surface area contributed by atoms with E-state index in [1.54, 1.807) is 4.90 Å². The number of hydrogen-bond acceptors (Lipinski definition) is 3. The van der Waals surface area contributed by atoms with E-state index in [-0.39, 0.29) is 6.09 Å². The van der Waals surface area contributed by atoms with E-state index < -0.39 is 5.60 Å². The molecule has 5 heteroatoms. The molecule has 1 aromatic carbocycles. The maximum atomic E-state index is 12.3. The van der Waals surface area contributed by atoms with Gasteiger partial charge < -0.3 is 10.1 Å². The Balaban J connectivity index is 2.35. The number of carbonyl (C=O) groups excluding carboxylic acids is 1. The van der Waals surface area contributed by atoms with E-state index in [1.807, 2.05) is 39.8 Å². The largest absolute Gasteiger partial charge is 0.443 e. The summed E-state index contributed by atoms with van der Waals surface area (Å²) in [5, 5.41) is 3.31. The Morgan fingerprint density at radius 3 is 2.74 bits per heavy atom. The SMILES string of the molecule is Cc1cc(Br)c2c(c1)NCCN2C(=O)OC(C)(C)C. The van der Waals surface area contributed by atoms with Crippen LogP contribution in [-0.4, -0.2) is 24.8 Å². The molecule has 0 aromatic heterocycles. The van der Waals surface area contributed by atoms with Gasteiger partial charge in [0, 0.05) is 17.6 Å². The molecular formula is C14H19BrN2O2. The van der Waals surface area contributed by atoms with Crippen molar-refractivity contribution < 1.29 is 9.53 Å². The smallest absolute Gasteiger partial charge is 0.414 e. The lowest BCUT2D eigenvalue weighted by Crippen LogP contribution is -2.42. The van der Waals surface area contributed by atoms with Crippen LogP contribution in [0, 0.1) is 6.92 Å².